The Kier molecular flexibility index (Phi) is 10.5. The van der Waals surface area contributed by atoms with Crippen LogP contribution in [-0.4, -0.2) is 30.0 Å². The van der Waals surface area contributed by atoms with Crippen molar-refractivity contribution in [1.29, 1.82) is 0 Å². The molecular weight excluding hydrogens is 579 g/mol. The lowest BCUT2D eigenvalue weighted by Crippen LogP contribution is -2.15. The first-order valence-electron chi connectivity index (χ1n) is 13.4. The molecule has 0 saturated heterocycles. The highest BCUT2D eigenvalue weighted by Gasteiger charge is 2.23. The molecule has 0 amide bonds. The molecule has 0 radical (unpaired) electrons. The molecule has 0 fully saturated rings. The predicted molar refractivity (Wildman–Crippen MR) is 158 cm³/mol. The highest BCUT2D eigenvalue weighted by molar-refractivity contribution is 7.87. The Morgan fingerprint density at radius 3 is 1.67 bits per heavy atom. The van der Waals surface area contributed by atoms with E-state index in [1.807, 2.05) is 44.2 Å². The van der Waals surface area contributed by atoms with Gasteiger partial charge in [0, 0.05) is 5.56 Å². The lowest BCUT2D eigenvalue weighted by molar-refractivity contribution is 0.261. The zero-order valence-corrected chi connectivity index (χ0v) is 25.0. The van der Waals surface area contributed by atoms with E-state index in [1.165, 1.54) is 42.5 Å². The molecule has 0 heterocycles. The van der Waals surface area contributed by atoms with Gasteiger partial charge in [-0.25, -0.2) is 4.39 Å². The first-order valence-corrected chi connectivity index (χ1v) is 16.2. The summed E-state index contributed by atoms with van der Waals surface area (Å²) in [6, 6.07) is 26.1. The monoisotopic (exact) mass is 612 g/mol. The maximum absolute atomic E-state index is 14.5. The number of halogens is 1. The molecular formula is C32H33FO7S2. The molecule has 7 nitrogen and oxygen atoms in total. The minimum Gasteiger partial charge on any atom is -0.489 e. The molecule has 4 aromatic carbocycles. The van der Waals surface area contributed by atoms with Crippen molar-refractivity contribution >= 4 is 20.2 Å². The zero-order valence-electron chi connectivity index (χ0n) is 23.4. The lowest BCUT2D eigenvalue weighted by Gasteiger charge is -2.21. The first-order chi connectivity index (χ1) is 20.0. The molecule has 0 unspecified atom stereocenters. The third kappa shape index (κ3) is 8.72. The molecule has 0 bridgehead atoms. The topological polar surface area (TPSA) is 96.0 Å². The quantitative estimate of drug-likeness (QED) is 0.146. The van der Waals surface area contributed by atoms with Crippen molar-refractivity contribution in [1.82, 2.24) is 0 Å². The van der Waals surface area contributed by atoms with Crippen molar-refractivity contribution < 1.29 is 34.3 Å². The summed E-state index contributed by atoms with van der Waals surface area (Å²) >= 11 is 0. The molecule has 0 saturated carbocycles. The summed E-state index contributed by atoms with van der Waals surface area (Å²) in [6.07, 6.45) is 0.258. The Labute approximate surface area is 247 Å². The minimum atomic E-state index is -4.04. The van der Waals surface area contributed by atoms with E-state index in [0.717, 1.165) is 16.7 Å². The van der Waals surface area contributed by atoms with Crippen LogP contribution in [0, 0.1) is 19.7 Å². The summed E-state index contributed by atoms with van der Waals surface area (Å²) in [5, 5.41) is 0. The van der Waals surface area contributed by atoms with E-state index >= 15 is 0 Å². The average molecular weight is 613 g/mol. The second-order valence-corrected chi connectivity index (χ2v) is 13.1. The van der Waals surface area contributed by atoms with Crippen LogP contribution < -0.4 is 4.74 Å². The van der Waals surface area contributed by atoms with Crippen molar-refractivity contribution in [2.45, 2.75) is 49.0 Å². The number of aryl methyl sites for hydroxylation is 2. The lowest BCUT2D eigenvalue weighted by atomic mass is 9.92. The molecule has 4 aromatic rings. The van der Waals surface area contributed by atoms with E-state index in [2.05, 4.69) is 0 Å². The second-order valence-electron chi connectivity index (χ2n) is 9.91. The van der Waals surface area contributed by atoms with Gasteiger partial charge in [0.1, 0.15) is 18.2 Å². The molecule has 222 valence electrons. The van der Waals surface area contributed by atoms with Gasteiger partial charge < -0.3 is 4.74 Å². The van der Waals surface area contributed by atoms with Crippen molar-refractivity contribution in [2.75, 3.05) is 13.2 Å². The van der Waals surface area contributed by atoms with Crippen LogP contribution in [0.3, 0.4) is 0 Å². The van der Waals surface area contributed by atoms with Crippen LogP contribution in [0.5, 0.6) is 5.75 Å². The van der Waals surface area contributed by atoms with Crippen LogP contribution in [0.4, 0.5) is 4.39 Å². The number of benzene rings is 4. The van der Waals surface area contributed by atoms with Crippen molar-refractivity contribution in [3.05, 3.63) is 125 Å². The van der Waals surface area contributed by atoms with E-state index < -0.39 is 32.0 Å². The summed E-state index contributed by atoms with van der Waals surface area (Å²) < 4.78 is 82.2. The molecule has 42 heavy (non-hydrogen) atoms. The Morgan fingerprint density at radius 2 is 1.17 bits per heavy atom. The SMILES string of the molecule is Cc1ccc(S(=O)(=O)OCCC(CCOS(=O)(=O)c2ccc(C)cc2)c2cc(F)ccc2OCc2ccccc2)cc1. The van der Waals surface area contributed by atoms with Crippen molar-refractivity contribution in [3.63, 3.8) is 0 Å². The number of ether oxygens (including phenoxy) is 1. The van der Waals surface area contributed by atoms with Gasteiger partial charge in [0.2, 0.25) is 0 Å². The van der Waals surface area contributed by atoms with E-state index in [4.69, 9.17) is 13.1 Å². The van der Waals surface area contributed by atoms with Gasteiger partial charge in [0.05, 0.1) is 23.0 Å². The van der Waals surface area contributed by atoms with Gasteiger partial charge in [-0.3, -0.25) is 8.37 Å². The fourth-order valence-corrected chi connectivity index (χ4v) is 6.15. The van der Waals surface area contributed by atoms with E-state index in [1.54, 1.807) is 24.3 Å². The van der Waals surface area contributed by atoms with E-state index in [-0.39, 0.29) is 42.5 Å². The van der Waals surface area contributed by atoms with Crippen molar-refractivity contribution in [3.8, 4) is 5.75 Å². The van der Waals surface area contributed by atoms with E-state index in [0.29, 0.717) is 11.3 Å². The molecule has 0 atom stereocenters. The zero-order chi connectivity index (χ0) is 30.2. The minimum absolute atomic E-state index is 0.0230. The molecule has 0 aliphatic heterocycles. The van der Waals surface area contributed by atoms with Gasteiger partial charge in [-0.1, -0.05) is 65.7 Å². The third-order valence-electron chi connectivity index (χ3n) is 6.68. The standard InChI is InChI=1S/C32H33FO7S2/c1-24-8-13-29(14-9-24)41(34,35)39-20-18-27(19-21-40-42(36,37)30-15-10-25(2)11-16-30)31-22-28(33)12-17-32(31)38-23-26-6-4-3-5-7-26/h3-17,22,27H,18-21,23H2,1-2H3. The molecule has 0 spiro atoms. The molecule has 4 rings (SSSR count). The van der Waals surface area contributed by atoms with E-state index in [9.17, 15) is 21.2 Å². The van der Waals surface area contributed by atoms with Crippen LogP contribution in [0.25, 0.3) is 0 Å². The van der Waals surface area contributed by atoms with Crippen molar-refractivity contribution in [2.24, 2.45) is 0 Å². The van der Waals surface area contributed by atoms with Crippen LogP contribution in [0.1, 0.15) is 41.0 Å². The highest BCUT2D eigenvalue weighted by Crippen LogP contribution is 2.34. The number of hydrogen-bond acceptors (Lipinski definition) is 7. The maximum atomic E-state index is 14.5. The highest BCUT2D eigenvalue weighted by atomic mass is 32.2. The van der Waals surface area contributed by atoms with Gasteiger partial charge in [0.25, 0.3) is 20.2 Å². The predicted octanol–water partition coefficient (Wildman–Crippen LogP) is 6.70. The van der Waals surface area contributed by atoms with Crippen LogP contribution in [0.2, 0.25) is 0 Å². The Balaban J connectivity index is 1.53. The third-order valence-corrected chi connectivity index (χ3v) is 9.33. The second kappa shape index (κ2) is 14.1. The average Bonchev–Trinajstić information content (AvgIpc) is 2.96. The van der Waals surface area contributed by atoms with Gasteiger partial charge in [-0.05, 0) is 80.6 Å². The molecule has 0 aliphatic carbocycles. The summed E-state index contributed by atoms with van der Waals surface area (Å²) in [7, 11) is -8.07. The van der Waals surface area contributed by atoms with Crippen LogP contribution in [0.15, 0.2) is 107 Å². The van der Waals surface area contributed by atoms with Crippen LogP contribution in [-0.2, 0) is 35.2 Å². The van der Waals surface area contributed by atoms with Gasteiger partial charge in [-0.15, -0.1) is 0 Å². The first kappa shape index (κ1) is 31.4. The molecule has 0 N–H and O–H groups in total. The summed E-state index contributed by atoms with van der Waals surface area (Å²) in [5.74, 6) is -0.663. The summed E-state index contributed by atoms with van der Waals surface area (Å²) in [4.78, 5) is 0.0460. The smallest absolute Gasteiger partial charge is 0.296 e. The van der Waals surface area contributed by atoms with Gasteiger partial charge >= 0.3 is 0 Å². The Morgan fingerprint density at radius 1 is 0.667 bits per heavy atom. The maximum Gasteiger partial charge on any atom is 0.296 e. The number of hydrogen-bond donors (Lipinski definition) is 0. The Bertz CT molecular complexity index is 1590. The molecule has 0 aromatic heterocycles. The fourth-order valence-electron chi connectivity index (χ4n) is 4.31. The number of rotatable bonds is 14. The molecule has 10 heteroatoms. The normalized spacial score (nSPS) is 12.0. The van der Waals surface area contributed by atoms with Crippen LogP contribution >= 0.6 is 0 Å². The summed E-state index contributed by atoms with van der Waals surface area (Å²) in [6.45, 7) is 3.47. The fraction of sp³-hybridized carbons (Fsp3) is 0.250. The Hall–Kier alpha value is -3.57. The molecule has 0 aliphatic rings. The van der Waals surface area contributed by atoms with Gasteiger partial charge in [0.15, 0.2) is 0 Å². The largest absolute Gasteiger partial charge is 0.489 e. The summed E-state index contributed by atoms with van der Waals surface area (Å²) in [5.41, 5.74) is 3.18. The van der Waals surface area contributed by atoms with Gasteiger partial charge in [-0.2, -0.15) is 16.8 Å².